The molecule has 0 spiro atoms. The second-order valence-electron chi connectivity index (χ2n) is 9.55. The van der Waals surface area contributed by atoms with Crippen LogP contribution in [0, 0.1) is 13.8 Å². The summed E-state index contributed by atoms with van der Waals surface area (Å²) in [5.74, 6) is 0. The number of anilines is 2. The summed E-state index contributed by atoms with van der Waals surface area (Å²) in [5.41, 5.74) is 6.13. The average molecular weight is 510 g/mol. The fourth-order valence-corrected chi connectivity index (χ4v) is 6.59. The number of nitrogens with zero attached hydrogens (tertiary/aromatic N) is 3. The van der Waals surface area contributed by atoms with Gasteiger partial charge in [0.15, 0.2) is 5.11 Å². The maximum absolute atomic E-state index is 11.6. The van der Waals surface area contributed by atoms with Gasteiger partial charge in [0.2, 0.25) is 10.0 Å². The highest BCUT2D eigenvalue weighted by Gasteiger charge is 2.42. The normalized spacial score (nSPS) is 20.9. The van der Waals surface area contributed by atoms with Crippen LogP contribution in [0.5, 0.6) is 0 Å². The molecule has 1 saturated carbocycles. The molecular weight excluding hydrogens is 478 g/mol. The van der Waals surface area contributed by atoms with Crippen molar-refractivity contribution in [1.29, 1.82) is 0 Å². The number of hydrogen-bond acceptors (Lipinski definition) is 4. The molecule has 1 aliphatic carbocycles. The second kappa shape index (κ2) is 9.28. The van der Waals surface area contributed by atoms with Gasteiger partial charge < -0.3 is 14.8 Å². The molecule has 0 unspecified atom stereocenters. The van der Waals surface area contributed by atoms with Crippen LogP contribution < -0.4 is 14.9 Å². The summed E-state index contributed by atoms with van der Waals surface area (Å²) in [5, 5.41) is 4.14. The molecule has 7 nitrogen and oxygen atoms in total. The summed E-state index contributed by atoms with van der Waals surface area (Å²) < 4.78 is 28.3. The number of nitrogens with one attached hydrogen (secondary N) is 2. The van der Waals surface area contributed by atoms with Crippen LogP contribution >= 0.6 is 12.2 Å². The first-order chi connectivity index (χ1) is 16.7. The molecule has 0 radical (unpaired) electrons. The molecule has 0 bridgehead atoms. The molecular formula is C26H31N5O2S2. The Bertz CT molecular complexity index is 1330. The Morgan fingerprint density at radius 2 is 1.80 bits per heavy atom. The van der Waals surface area contributed by atoms with E-state index in [-0.39, 0.29) is 12.1 Å². The maximum atomic E-state index is 11.6. The molecule has 1 aromatic carbocycles. The predicted octanol–water partition coefficient (Wildman–Crippen LogP) is 5.16. The number of sulfonamides is 1. The smallest absolute Gasteiger partial charge is 0.229 e. The topological polar surface area (TPSA) is 79.3 Å². The lowest BCUT2D eigenvalue weighted by atomic mass is 9.96. The quantitative estimate of drug-likeness (QED) is 0.447. The predicted molar refractivity (Wildman–Crippen MR) is 144 cm³/mol. The van der Waals surface area contributed by atoms with Crippen LogP contribution in [0.15, 0.2) is 54.7 Å². The third kappa shape index (κ3) is 4.67. The third-order valence-corrected chi connectivity index (χ3v) is 8.00. The second-order valence-corrected chi connectivity index (χ2v) is 11.7. The maximum Gasteiger partial charge on any atom is 0.229 e. The van der Waals surface area contributed by atoms with Gasteiger partial charge in [0.05, 0.1) is 24.0 Å². The fourth-order valence-electron chi connectivity index (χ4n) is 5.68. The molecule has 2 N–H and O–H groups in total. The van der Waals surface area contributed by atoms with Crippen molar-refractivity contribution >= 4 is 38.7 Å². The van der Waals surface area contributed by atoms with Gasteiger partial charge in [-0.1, -0.05) is 18.9 Å². The molecule has 3 heterocycles. The molecule has 184 valence electrons. The minimum absolute atomic E-state index is 0.0903. The van der Waals surface area contributed by atoms with Crippen molar-refractivity contribution in [2.75, 3.05) is 15.9 Å². The standard InChI is InChI=1S/C26H31N5O2S2/c1-17-16-22(18(2)30(17)20-8-4-5-9-20)25-24(23-10-6-7-15-27-23)28-26(34)31(25)21-13-11-19(12-14-21)29-35(3,32)33/h6-7,10-16,20,24-25,29H,4-5,8-9H2,1-3H3,(H,28,34)/t24-,25+/m1/s1. The lowest BCUT2D eigenvalue weighted by Crippen LogP contribution is -2.29. The van der Waals surface area contributed by atoms with Crippen LogP contribution in [0.1, 0.15) is 66.5 Å². The fraction of sp³-hybridized carbons (Fsp3) is 0.385. The monoisotopic (exact) mass is 509 g/mol. The van der Waals surface area contributed by atoms with Crippen molar-refractivity contribution in [2.45, 2.75) is 57.7 Å². The van der Waals surface area contributed by atoms with Crippen LogP contribution in [0.4, 0.5) is 11.4 Å². The molecule has 35 heavy (non-hydrogen) atoms. The van der Waals surface area contributed by atoms with Gasteiger partial charge in [0.25, 0.3) is 0 Å². The summed E-state index contributed by atoms with van der Waals surface area (Å²) >= 11 is 5.86. The van der Waals surface area contributed by atoms with Crippen LogP contribution in [-0.4, -0.2) is 29.3 Å². The Kier molecular flexibility index (Phi) is 6.31. The van der Waals surface area contributed by atoms with E-state index in [1.165, 1.54) is 42.6 Å². The first kappa shape index (κ1) is 23.8. The Hall–Kier alpha value is -2.91. The van der Waals surface area contributed by atoms with E-state index in [4.69, 9.17) is 12.2 Å². The Balaban J connectivity index is 1.59. The van der Waals surface area contributed by atoms with Crippen LogP contribution in [0.25, 0.3) is 0 Å². The lowest BCUT2D eigenvalue weighted by Gasteiger charge is -2.28. The van der Waals surface area contributed by atoms with Gasteiger partial charge in [-0.15, -0.1) is 0 Å². The summed E-state index contributed by atoms with van der Waals surface area (Å²) in [7, 11) is -3.35. The molecule has 2 fully saturated rings. The van der Waals surface area contributed by atoms with Crippen molar-refractivity contribution < 1.29 is 8.42 Å². The van der Waals surface area contributed by atoms with Crippen molar-refractivity contribution in [2.24, 2.45) is 0 Å². The van der Waals surface area contributed by atoms with E-state index in [9.17, 15) is 8.42 Å². The number of rotatable bonds is 6. The van der Waals surface area contributed by atoms with E-state index in [1.807, 2.05) is 36.5 Å². The minimum atomic E-state index is -3.35. The number of benzene rings is 1. The summed E-state index contributed by atoms with van der Waals surface area (Å²) in [6.07, 6.45) is 7.96. The first-order valence-corrected chi connectivity index (χ1v) is 14.3. The van der Waals surface area contributed by atoms with E-state index in [0.717, 1.165) is 17.6 Å². The van der Waals surface area contributed by atoms with Gasteiger partial charge in [-0.2, -0.15) is 0 Å². The Labute approximate surface area is 212 Å². The van der Waals surface area contributed by atoms with Gasteiger partial charge in [0.1, 0.15) is 0 Å². The zero-order valence-corrected chi connectivity index (χ0v) is 21.9. The third-order valence-electron chi connectivity index (χ3n) is 7.08. The van der Waals surface area contributed by atoms with E-state index in [2.05, 4.69) is 44.4 Å². The van der Waals surface area contributed by atoms with Gasteiger partial charge in [0, 0.05) is 35.0 Å². The van der Waals surface area contributed by atoms with Crippen molar-refractivity contribution in [3.63, 3.8) is 0 Å². The molecule has 0 amide bonds. The summed E-state index contributed by atoms with van der Waals surface area (Å²) in [6.45, 7) is 4.41. The van der Waals surface area contributed by atoms with Crippen molar-refractivity contribution in [1.82, 2.24) is 14.9 Å². The Morgan fingerprint density at radius 3 is 2.43 bits per heavy atom. The highest BCUT2D eigenvalue weighted by Crippen LogP contribution is 2.45. The minimum Gasteiger partial charge on any atom is -0.351 e. The van der Waals surface area contributed by atoms with Gasteiger partial charge in [-0.05, 0) is 86.9 Å². The zero-order valence-electron chi connectivity index (χ0n) is 20.2. The van der Waals surface area contributed by atoms with E-state index >= 15 is 0 Å². The SMILES string of the molecule is Cc1cc([C@H]2[C@@H](c3ccccn3)NC(=S)N2c2ccc(NS(C)(=O)=O)cc2)c(C)n1C1CCCC1. The zero-order chi connectivity index (χ0) is 24.7. The number of pyridine rings is 1. The highest BCUT2D eigenvalue weighted by atomic mass is 32.2. The van der Waals surface area contributed by atoms with Crippen LogP contribution in [-0.2, 0) is 10.0 Å². The van der Waals surface area contributed by atoms with E-state index in [1.54, 1.807) is 12.1 Å². The summed E-state index contributed by atoms with van der Waals surface area (Å²) in [6, 6.07) is 16.0. The Morgan fingerprint density at radius 1 is 1.09 bits per heavy atom. The first-order valence-electron chi connectivity index (χ1n) is 12.0. The molecule has 1 saturated heterocycles. The van der Waals surface area contributed by atoms with Crippen molar-refractivity contribution in [3.05, 3.63) is 77.4 Å². The van der Waals surface area contributed by atoms with Crippen LogP contribution in [0.3, 0.4) is 0 Å². The molecule has 9 heteroatoms. The molecule has 2 aliphatic rings. The molecule has 2 aromatic heterocycles. The number of aryl methyl sites for hydroxylation is 1. The van der Waals surface area contributed by atoms with E-state index < -0.39 is 10.0 Å². The highest BCUT2D eigenvalue weighted by molar-refractivity contribution is 7.92. The van der Waals surface area contributed by atoms with Gasteiger partial charge in [-0.3, -0.25) is 9.71 Å². The largest absolute Gasteiger partial charge is 0.351 e. The van der Waals surface area contributed by atoms with E-state index in [0.29, 0.717) is 16.8 Å². The molecule has 3 aromatic rings. The number of thiocarbonyl (C=S) groups is 1. The average Bonchev–Trinajstić information content (AvgIpc) is 3.52. The molecule has 2 atom stereocenters. The lowest BCUT2D eigenvalue weighted by molar-refractivity contribution is 0.494. The molecule has 5 rings (SSSR count). The number of hydrogen-bond donors (Lipinski definition) is 2. The molecule has 1 aliphatic heterocycles. The summed E-state index contributed by atoms with van der Waals surface area (Å²) in [4.78, 5) is 6.80. The van der Waals surface area contributed by atoms with Gasteiger partial charge in [-0.25, -0.2) is 8.42 Å². The van der Waals surface area contributed by atoms with Crippen molar-refractivity contribution in [3.8, 4) is 0 Å². The van der Waals surface area contributed by atoms with Crippen LogP contribution in [0.2, 0.25) is 0 Å². The number of aromatic nitrogens is 2. The van der Waals surface area contributed by atoms with Gasteiger partial charge >= 0.3 is 0 Å².